The van der Waals surface area contributed by atoms with Crippen LogP contribution < -0.4 is 0 Å². The molecular formula is C18H18F3N3O4. The van der Waals surface area contributed by atoms with Gasteiger partial charge in [-0.25, -0.2) is 9.48 Å². The average molecular weight is 397 g/mol. The molecule has 3 rings (SSSR count). The number of carbonyl (C=O) groups is 2. The zero-order valence-corrected chi connectivity index (χ0v) is 15.1. The number of carbonyl (C=O) groups excluding carboxylic acids is 1. The van der Waals surface area contributed by atoms with E-state index in [0.29, 0.717) is 5.69 Å². The van der Waals surface area contributed by atoms with Gasteiger partial charge in [-0.2, -0.15) is 18.3 Å². The number of amides is 1. The summed E-state index contributed by atoms with van der Waals surface area (Å²) in [5, 5.41) is 13.4. The lowest BCUT2D eigenvalue weighted by molar-refractivity contribution is -0.141. The molecule has 2 atom stereocenters. The largest absolute Gasteiger partial charge is 0.480 e. The van der Waals surface area contributed by atoms with Crippen molar-refractivity contribution in [2.45, 2.75) is 31.7 Å². The second-order valence-electron chi connectivity index (χ2n) is 6.51. The summed E-state index contributed by atoms with van der Waals surface area (Å²) in [7, 11) is 1.44. The zero-order valence-electron chi connectivity index (χ0n) is 15.1. The normalized spacial score (nSPS) is 19.8. The number of halogens is 3. The van der Waals surface area contributed by atoms with Crippen LogP contribution in [0.2, 0.25) is 0 Å². The lowest BCUT2D eigenvalue weighted by Crippen LogP contribution is -2.40. The third kappa shape index (κ3) is 3.59. The molecule has 0 spiro atoms. The van der Waals surface area contributed by atoms with Crippen molar-refractivity contribution in [3.8, 4) is 5.69 Å². The molecule has 1 N–H and O–H groups in total. The first-order chi connectivity index (χ1) is 13.1. The molecule has 1 aliphatic rings. The molecule has 2 heterocycles. The highest BCUT2D eigenvalue weighted by atomic mass is 19.4. The van der Waals surface area contributed by atoms with Gasteiger partial charge in [0.05, 0.1) is 34.8 Å². The van der Waals surface area contributed by atoms with Crippen molar-refractivity contribution < 1.29 is 32.6 Å². The Labute approximate surface area is 158 Å². The van der Waals surface area contributed by atoms with Crippen molar-refractivity contribution >= 4 is 11.9 Å². The number of nitrogens with zero attached hydrogens (tertiary/aromatic N) is 3. The Hall–Kier alpha value is -2.88. The Balaban J connectivity index is 1.93. The van der Waals surface area contributed by atoms with Crippen molar-refractivity contribution in [2.24, 2.45) is 0 Å². The van der Waals surface area contributed by atoms with Crippen LogP contribution in [-0.2, 0) is 15.7 Å². The number of aromatic nitrogens is 2. The minimum absolute atomic E-state index is 0.112. The topological polar surface area (TPSA) is 84.7 Å². The molecule has 1 saturated heterocycles. The number of hydrogen-bond acceptors (Lipinski definition) is 4. The summed E-state index contributed by atoms with van der Waals surface area (Å²) in [6.07, 6.45) is -3.51. The monoisotopic (exact) mass is 397 g/mol. The third-order valence-electron chi connectivity index (χ3n) is 4.80. The molecule has 28 heavy (non-hydrogen) atoms. The number of rotatable bonds is 4. The maximum Gasteiger partial charge on any atom is 0.416 e. The van der Waals surface area contributed by atoms with E-state index in [2.05, 4.69) is 5.10 Å². The summed E-state index contributed by atoms with van der Waals surface area (Å²) in [4.78, 5) is 25.6. The Morgan fingerprint density at radius 3 is 2.64 bits per heavy atom. The number of carboxylic acid groups (broad SMARTS) is 1. The molecule has 2 unspecified atom stereocenters. The van der Waals surface area contributed by atoms with Crippen molar-refractivity contribution in [2.75, 3.05) is 13.7 Å². The first kappa shape index (κ1) is 19.9. The molecule has 1 fully saturated rings. The fourth-order valence-corrected chi connectivity index (χ4v) is 3.28. The lowest BCUT2D eigenvalue weighted by atomic mass is 10.1. The average Bonchev–Trinajstić information content (AvgIpc) is 3.24. The molecule has 150 valence electrons. The summed E-state index contributed by atoms with van der Waals surface area (Å²) in [5.74, 6) is -1.70. The maximum absolute atomic E-state index is 13.0. The van der Waals surface area contributed by atoms with Crippen LogP contribution in [0.25, 0.3) is 5.69 Å². The summed E-state index contributed by atoms with van der Waals surface area (Å²) in [6.45, 7) is 1.65. The van der Waals surface area contributed by atoms with Crippen molar-refractivity contribution in [3.05, 3.63) is 47.3 Å². The van der Waals surface area contributed by atoms with Gasteiger partial charge < -0.3 is 14.7 Å². The Kier molecular flexibility index (Phi) is 5.16. The van der Waals surface area contributed by atoms with Crippen LogP contribution >= 0.6 is 0 Å². The molecule has 0 saturated carbocycles. The van der Waals surface area contributed by atoms with E-state index in [1.165, 1.54) is 35.0 Å². The van der Waals surface area contributed by atoms with E-state index in [1.807, 2.05) is 0 Å². The van der Waals surface area contributed by atoms with Crippen molar-refractivity contribution in [1.29, 1.82) is 0 Å². The van der Waals surface area contributed by atoms with E-state index in [9.17, 15) is 27.9 Å². The molecule has 2 aromatic rings. The first-order valence-corrected chi connectivity index (χ1v) is 8.42. The summed E-state index contributed by atoms with van der Waals surface area (Å²) >= 11 is 0. The van der Waals surface area contributed by atoms with Gasteiger partial charge in [0, 0.05) is 20.1 Å². The molecule has 7 nitrogen and oxygen atoms in total. The number of hydrogen-bond donors (Lipinski definition) is 1. The van der Waals surface area contributed by atoms with Crippen molar-refractivity contribution in [1.82, 2.24) is 14.7 Å². The Morgan fingerprint density at radius 1 is 1.32 bits per heavy atom. The van der Waals surface area contributed by atoms with E-state index in [0.717, 1.165) is 12.1 Å². The SMILES string of the molecule is COC1CC(C(=O)O)N(C(=O)c2cnn(-c3cccc(C(F)(F)F)c3)c2C)C1. The lowest BCUT2D eigenvalue weighted by Gasteiger charge is -2.21. The van der Waals surface area contributed by atoms with E-state index in [4.69, 9.17) is 4.74 Å². The molecule has 1 amide bonds. The van der Waals surface area contributed by atoms with Crippen LogP contribution in [0.3, 0.4) is 0 Å². The zero-order chi connectivity index (χ0) is 20.6. The van der Waals surface area contributed by atoms with Gasteiger partial charge in [0.2, 0.25) is 0 Å². The van der Waals surface area contributed by atoms with E-state index < -0.39 is 35.8 Å². The number of benzene rings is 1. The first-order valence-electron chi connectivity index (χ1n) is 8.42. The smallest absolute Gasteiger partial charge is 0.416 e. The molecular weight excluding hydrogens is 379 g/mol. The molecule has 10 heteroatoms. The van der Waals surface area contributed by atoms with Gasteiger partial charge in [0.25, 0.3) is 5.91 Å². The summed E-state index contributed by atoms with van der Waals surface area (Å²) in [6, 6.07) is 3.55. The van der Waals surface area contributed by atoms with Crippen LogP contribution in [0, 0.1) is 6.92 Å². The van der Waals surface area contributed by atoms with Gasteiger partial charge in [-0.05, 0) is 25.1 Å². The highest BCUT2D eigenvalue weighted by Crippen LogP contribution is 2.31. The molecule has 0 bridgehead atoms. The predicted octanol–water partition coefficient (Wildman–Crippen LogP) is 2.51. The van der Waals surface area contributed by atoms with Gasteiger partial charge in [-0.1, -0.05) is 6.07 Å². The van der Waals surface area contributed by atoms with Gasteiger partial charge in [-0.3, -0.25) is 4.79 Å². The second kappa shape index (κ2) is 7.27. The quantitative estimate of drug-likeness (QED) is 0.857. The van der Waals surface area contributed by atoms with E-state index >= 15 is 0 Å². The summed E-state index contributed by atoms with van der Waals surface area (Å²) < 4.78 is 45.3. The molecule has 1 aromatic carbocycles. The number of aliphatic carboxylic acids is 1. The molecule has 0 aliphatic carbocycles. The number of carboxylic acids is 1. The van der Waals surface area contributed by atoms with Crippen molar-refractivity contribution in [3.63, 3.8) is 0 Å². The molecule has 1 aliphatic heterocycles. The Bertz CT molecular complexity index is 910. The number of alkyl halides is 3. The van der Waals surface area contributed by atoms with Gasteiger partial charge in [0.15, 0.2) is 0 Å². The summed E-state index contributed by atoms with van der Waals surface area (Å²) in [5.41, 5.74) is -0.242. The van der Waals surface area contributed by atoms with Crippen LogP contribution in [0.5, 0.6) is 0 Å². The minimum atomic E-state index is -4.50. The van der Waals surface area contributed by atoms with Crippen LogP contribution in [0.4, 0.5) is 13.2 Å². The fourth-order valence-electron chi connectivity index (χ4n) is 3.28. The van der Waals surface area contributed by atoms with Crippen LogP contribution in [-0.4, -0.2) is 57.5 Å². The standard InChI is InChI=1S/C18H18F3N3O4/c1-10-14(16(25)23-9-13(28-2)7-15(23)17(26)27)8-22-24(10)12-5-3-4-11(6-12)18(19,20)21/h3-6,8,13,15H,7,9H2,1-2H3,(H,26,27). The van der Waals surface area contributed by atoms with E-state index in [1.54, 1.807) is 6.92 Å². The number of ether oxygens (including phenoxy) is 1. The van der Waals surface area contributed by atoms with Gasteiger partial charge in [-0.15, -0.1) is 0 Å². The second-order valence-corrected chi connectivity index (χ2v) is 6.51. The van der Waals surface area contributed by atoms with Gasteiger partial charge in [0.1, 0.15) is 6.04 Å². The van der Waals surface area contributed by atoms with Crippen LogP contribution in [0.15, 0.2) is 30.5 Å². The van der Waals surface area contributed by atoms with Gasteiger partial charge >= 0.3 is 12.1 Å². The highest BCUT2D eigenvalue weighted by Gasteiger charge is 2.41. The minimum Gasteiger partial charge on any atom is -0.480 e. The fraction of sp³-hybridized carbons (Fsp3) is 0.389. The predicted molar refractivity (Wildman–Crippen MR) is 91.2 cm³/mol. The number of methoxy groups -OCH3 is 1. The van der Waals surface area contributed by atoms with E-state index in [-0.39, 0.29) is 24.2 Å². The van der Waals surface area contributed by atoms with Crippen LogP contribution in [0.1, 0.15) is 28.0 Å². The maximum atomic E-state index is 13.0. The molecule has 1 aromatic heterocycles. The third-order valence-corrected chi connectivity index (χ3v) is 4.80. The number of likely N-dealkylation sites (tertiary alicyclic amines) is 1. The Morgan fingerprint density at radius 2 is 2.04 bits per heavy atom. The highest BCUT2D eigenvalue weighted by molar-refractivity contribution is 5.97. The molecule has 0 radical (unpaired) electrons.